The number of amides is 1. The first-order valence-electron chi connectivity index (χ1n) is 11.0. The molecule has 168 valence electrons. The normalized spacial score (nSPS) is 15.5. The van der Waals surface area contributed by atoms with Gasteiger partial charge in [0.2, 0.25) is 0 Å². The van der Waals surface area contributed by atoms with Gasteiger partial charge in [-0.25, -0.2) is 4.39 Å². The number of ether oxygens (including phenoxy) is 2. The van der Waals surface area contributed by atoms with E-state index in [0.29, 0.717) is 19.6 Å². The summed E-state index contributed by atoms with van der Waals surface area (Å²) in [6.07, 6.45) is 0. The molecule has 1 unspecified atom stereocenters. The Balaban J connectivity index is 1.44. The van der Waals surface area contributed by atoms with Crippen molar-refractivity contribution in [3.8, 4) is 5.75 Å². The van der Waals surface area contributed by atoms with E-state index >= 15 is 0 Å². The third-order valence-electron chi connectivity index (χ3n) is 5.75. The number of hydrogen-bond acceptors (Lipinski definition) is 3. The van der Waals surface area contributed by atoms with Gasteiger partial charge in [0, 0.05) is 17.7 Å². The van der Waals surface area contributed by atoms with Gasteiger partial charge < -0.3 is 24.6 Å². The molecule has 3 N–H and O–H groups in total. The molecular formula is C24H34FN3O3+2. The van der Waals surface area contributed by atoms with E-state index in [0.717, 1.165) is 55.4 Å². The monoisotopic (exact) mass is 431 g/mol. The zero-order chi connectivity index (χ0) is 22.1. The maximum Gasteiger partial charge on any atom is 0.275 e. The number of nitrogens with one attached hydrogen (secondary N) is 3. The van der Waals surface area contributed by atoms with Crippen molar-refractivity contribution < 1.29 is 28.5 Å². The average molecular weight is 432 g/mol. The van der Waals surface area contributed by atoms with Crippen LogP contribution in [0.25, 0.3) is 0 Å². The van der Waals surface area contributed by atoms with Crippen molar-refractivity contribution in [2.75, 3.05) is 46.5 Å². The van der Waals surface area contributed by atoms with Gasteiger partial charge in [0.15, 0.2) is 18.1 Å². The number of likely N-dealkylation sites (N-methyl/N-ethyl adjacent to an activating group) is 1. The van der Waals surface area contributed by atoms with Crippen LogP contribution in [0.2, 0.25) is 0 Å². The fraction of sp³-hybridized carbons (Fsp3) is 0.458. The summed E-state index contributed by atoms with van der Waals surface area (Å²) >= 11 is 0. The third kappa shape index (κ3) is 7.31. The average Bonchev–Trinajstić information content (AvgIpc) is 2.79. The maximum atomic E-state index is 13.9. The smallest absolute Gasteiger partial charge is 0.275 e. The number of methoxy groups -OCH3 is 1. The number of carbonyl (C=O) groups is 1. The van der Waals surface area contributed by atoms with Gasteiger partial charge in [0.25, 0.3) is 5.91 Å². The lowest BCUT2D eigenvalue weighted by atomic mass is 10.1. The molecule has 0 bridgehead atoms. The molecule has 0 aliphatic carbocycles. The summed E-state index contributed by atoms with van der Waals surface area (Å²) in [5.41, 5.74) is 3.24. The molecule has 1 aliphatic heterocycles. The number of carbonyl (C=O) groups excluding carboxylic acids is 1. The summed E-state index contributed by atoms with van der Waals surface area (Å²) in [5, 5.41) is 3.00. The second kappa shape index (κ2) is 11.8. The van der Waals surface area contributed by atoms with E-state index in [1.54, 1.807) is 11.0 Å². The van der Waals surface area contributed by atoms with Crippen LogP contribution in [0.5, 0.6) is 5.75 Å². The largest absolute Gasteiger partial charge is 0.494 e. The van der Waals surface area contributed by atoms with Crippen molar-refractivity contribution in [1.82, 2.24) is 5.32 Å². The van der Waals surface area contributed by atoms with Crippen LogP contribution in [0, 0.1) is 5.82 Å². The zero-order valence-corrected chi connectivity index (χ0v) is 18.5. The Bertz CT molecular complexity index is 838. The summed E-state index contributed by atoms with van der Waals surface area (Å²) in [6, 6.07) is 13.4. The fourth-order valence-corrected chi connectivity index (χ4v) is 3.81. The summed E-state index contributed by atoms with van der Waals surface area (Å²) in [7, 11) is 1.45. The van der Waals surface area contributed by atoms with E-state index in [9.17, 15) is 9.18 Å². The molecular weight excluding hydrogens is 397 g/mol. The van der Waals surface area contributed by atoms with Crippen LogP contribution in [-0.2, 0) is 29.2 Å². The minimum atomic E-state index is -0.376. The van der Waals surface area contributed by atoms with E-state index in [1.807, 2.05) is 13.0 Å². The summed E-state index contributed by atoms with van der Waals surface area (Å²) in [5.74, 6) is -0.150. The van der Waals surface area contributed by atoms with Gasteiger partial charge in [-0.2, -0.15) is 0 Å². The molecule has 0 saturated carbocycles. The number of quaternary nitrogens is 2. The molecule has 1 fully saturated rings. The van der Waals surface area contributed by atoms with E-state index < -0.39 is 0 Å². The maximum absolute atomic E-state index is 13.9. The minimum Gasteiger partial charge on any atom is -0.494 e. The van der Waals surface area contributed by atoms with Crippen molar-refractivity contribution in [3.63, 3.8) is 0 Å². The van der Waals surface area contributed by atoms with Gasteiger partial charge >= 0.3 is 0 Å². The molecule has 31 heavy (non-hydrogen) atoms. The first-order valence-corrected chi connectivity index (χ1v) is 11.0. The number of halogens is 1. The fourth-order valence-electron chi connectivity index (χ4n) is 3.81. The third-order valence-corrected chi connectivity index (χ3v) is 5.75. The van der Waals surface area contributed by atoms with Crippen LogP contribution >= 0.6 is 0 Å². The molecule has 2 aromatic rings. The Morgan fingerprint density at radius 3 is 2.45 bits per heavy atom. The van der Waals surface area contributed by atoms with Crippen LogP contribution in [-0.4, -0.2) is 52.4 Å². The van der Waals surface area contributed by atoms with Gasteiger partial charge in [0.05, 0.1) is 26.9 Å². The molecule has 2 aromatic carbocycles. The molecule has 0 radical (unpaired) electrons. The van der Waals surface area contributed by atoms with Crippen LogP contribution in [0.15, 0.2) is 42.5 Å². The lowest BCUT2D eigenvalue weighted by Gasteiger charge is -2.23. The Morgan fingerprint density at radius 1 is 1.13 bits per heavy atom. The Kier molecular flexibility index (Phi) is 8.82. The molecule has 3 rings (SSSR count). The number of hydrogen-bond donors (Lipinski definition) is 3. The van der Waals surface area contributed by atoms with Gasteiger partial charge in [-0.05, 0) is 30.7 Å². The highest BCUT2D eigenvalue weighted by Crippen LogP contribution is 2.17. The van der Waals surface area contributed by atoms with Crippen molar-refractivity contribution in [1.29, 1.82) is 0 Å². The number of morpholine rings is 1. The molecule has 1 atom stereocenters. The second-order valence-corrected chi connectivity index (χ2v) is 8.06. The molecule has 7 heteroatoms. The van der Waals surface area contributed by atoms with Gasteiger partial charge in [-0.15, -0.1) is 0 Å². The molecule has 6 nitrogen and oxygen atoms in total. The second-order valence-electron chi connectivity index (χ2n) is 8.06. The quantitative estimate of drug-likeness (QED) is 0.495. The Labute approximate surface area is 183 Å². The molecule has 1 saturated heterocycles. The highest BCUT2D eigenvalue weighted by Gasteiger charge is 2.16. The van der Waals surface area contributed by atoms with Crippen LogP contribution in [0.3, 0.4) is 0 Å². The van der Waals surface area contributed by atoms with Gasteiger partial charge in [-0.1, -0.05) is 24.3 Å². The predicted octanol–water partition coefficient (Wildman–Crippen LogP) is -0.0294. The van der Waals surface area contributed by atoms with Crippen molar-refractivity contribution in [3.05, 3.63) is 65.0 Å². The first-order chi connectivity index (χ1) is 15.1. The van der Waals surface area contributed by atoms with E-state index in [4.69, 9.17) is 9.47 Å². The zero-order valence-electron chi connectivity index (χ0n) is 18.5. The van der Waals surface area contributed by atoms with Crippen molar-refractivity contribution >= 4 is 5.91 Å². The molecule has 1 heterocycles. The summed E-state index contributed by atoms with van der Waals surface area (Å²) in [4.78, 5) is 15.1. The Hall–Kier alpha value is -2.48. The highest BCUT2D eigenvalue weighted by molar-refractivity contribution is 5.76. The molecule has 0 aromatic heterocycles. The molecule has 1 amide bonds. The van der Waals surface area contributed by atoms with Crippen molar-refractivity contribution in [2.24, 2.45) is 0 Å². The van der Waals surface area contributed by atoms with Gasteiger partial charge in [-0.3, -0.25) is 4.79 Å². The number of rotatable bonds is 10. The minimum absolute atomic E-state index is 0.00679. The van der Waals surface area contributed by atoms with Crippen LogP contribution in [0.4, 0.5) is 4.39 Å². The van der Waals surface area contributed by atoms with E-state index in [2.05, 4.69) is 29.6 Å². The summed E-state index contributed by atoms with van der Waals surface area (Å²) in [6.45, 7) is 9.04. The van der Waals surface area contributed by atoms with E-state index in [-0.39, 0.29) is 17.5 Å². The molecule has 0 spiro atoms. The Morgan fingerprint density at radius 2 is 1.81 bits per heavy atom. The molecule has 1 aliphatic rings. The lowest BCUT2D eigenvalue weighted by Crippen LogP contribution is -3.12. The topological polar surface area (TPSA) is 56.4 Å². The summed E-state index contributed by atoms with van der Waals surface area (Å²) < 4.78 is 24.3. The predicted molar refractivity (Wildman–Crippen MR) is 117 cm³/mol. The number of benzene rings is 2. The lowest BCUT2D eigenvalue weighted by molar-refractivity contribution is -0.921. The van der Waals surface area contributed by atoms with E-state index in [1.165, 1.54) is 18.7 Å². The standard InChI is InChI=1S/C24H32FN3O3/c1-3-27(17-21-8-9-23(30-2)22(25)14-21)18-24(29)26-15-19-4-6-20(7-5-19)16-28-10-12-31-13-11-28/h4-9,14H,3,10-13,15-18H2,1-2H3,(H,26,29)/p+2. The van der Waals surface area contributed by atoms with Crippen LogP contribution < -0.4 is 19.9 Å². The van der Waals surface area contributed by atoms with Gasteiger partial charge in [0.1, 0.15) is 26.2 Å². The highest BCUT2D eigenvalue weighted by atomic mass is 19.1. The van der Waals surface area contributed by atoms with Crippen LogP contribution in [0.1, 0.15) is 23.6 Å². The van der Waals surface area contributed by atoms with Crippen molar-refractivity contribution in [2.45, 2.75) is 26.6 Å². The SMILES string of the molecule is CC[NH+](CC(=O)NCc1ccc(C[NH+]2CCOCC2)cc1)Cc1ccc(OC)c(F)c1. The first kappa shape index (κ1) is 23.2.